The van der Waals surface area contributed by atoms with Gasteiger partial charge >= 0.3 is 0 Å². The quantitative estimate of drug-likeness (QED) is 0.824. The Hall–Kier alpha value is -1.61. The minimum absolute atomic E-state index is 0.0599. The van der Waals surface area contributed by atoms with E-state index in [2.05, 4.69) is 5.32 Å². The summed E-state index contributed by atoms with van der Waals surface area (Å²) in [5.74, 6) is -0.322. The van der Waals surface area contributed by atoms with E-state index in [0.717, 1.165) is 5.56 Å². The second kappa shape index (κ2) is 5.70. The molecule has 2 aliphatic heterocycles. The van der Waals surface area contributed by atoms with Gasteiger partial charge in [0.1, 0.15) is 0 Å². The lowest BCUT2D eigenvalue weighted by Gasteiger charge is -2.24. The summed E-state index contributed by atoms with van der Waals surface area (Å²) in [5, 5.41) is 2.82. The first kappa shape index (κ1) is 18.2. The molecule has 9 heteroatoms. The highest BCUT2D eigenvalue weighted by Crippen LogP contribution is 2.35. The lowest BCUT2D eigenvalue weighted by molar-refractivity contribution is 0.0915. The van der Waals surface area contributed by atoms with E-state index in [4.69, 9.17) is 0 Å². The molecule has 1 aromatic rings. The minimum Gasteiger partial charge on any atom is -0.346 e. The molecule has 0 bridgehead atoms. The molecule has 0 saturated carbocycles. The van der Waals surface area contributed by atoms with Gasteiger partial charge in [0.2, 0.25) is 10.0 Å². The molecule has 0 aromatic heterocycles. The van der Waals surface area contributed by atoms with Crippen molar-refractivity contribution in [1.29, 1.82) is 0 Å². The summed E-state index contributed by atoms with van der Waals surface area (Å²) in [6.07, 6.45) is 2.10. The Labute approximate surface area is 148 Å². The van der Waals surface area contributed by atoms with Gasteiger partial charge in [0.15, 0.2) is 9.84 Å². The molecule has 1 amide bonds. The van der Waals surface area contributed by atoms with Crippen LogP contribution in [0, 0.1) is 0 Å². The van der Waals surface area contributed by atoms with E-state index in [1.807, 2.05) is 6.92 Å². The van der Waals surface area contributed by atoms with E-state index in [0.29, 0.717) is 24.1 Å². The Bertz CT molecular complexity index is 939. The van der Waals surface area contributed by atoms with Crippen molar-refractivity contribution in [3.05, 3.63) is 29.3 Å². The van der Waals surface area contributed by atoms with Crippen LogP contribution in [0.3, 0.4) is 0 Å². The molecule has 0 radical (unpaired) electrons. The molecule has 0 unspecified atom stereocenters. The van der Waals surface area contributed by atoms with Crippen LogP contribution in [0.4, 0.5) is 5.69 Å². The van der Waals surface area contributed by atoms with Gasteiger partial charge in [0.05, 0.1) is 29.0 Å². The third-order valence-electron chi connectivity index (χ3n) is 4.77. The summed E-state index contributed by atoms with van der Waals surface area (Å²) < 4.78 is 48.6. The molecule has 2 atom stereocenters. The molecule has 1 fully saturated rings. The highest BCUT2D eigenvalue weighted by atomic mass is 32.2. The maximum atomic E-state index is 12.5. The Balaban J connectivity index is 1.84. The van der Waals surface area contributed by atoms with Crippen molar-refractivity contribution in [3.63, 3.8) is 0 Å². The van der Waals surface area contributed by atoms with Gasteiger partial charge in [-0.3, -0.25) is 9.10 Å². The summed E-state index contributed by atoms with van der Waals surface area (Å²) in [6, 6.07) is 4.72. The lowest BCUT2D eigenvalue weighted by atomic mass is 10.0. The summed E-state index contributed by atoms with van der Waals surface area (Å²) >= 11 is 0. The van der Waals surface area contributed by atoms with Crippen LogP contribution in [0.5, 0.6) is 0 Å². The van der Waals surface area contributed by atoms with E-state index < -0.39 is 25.4 Å². The van der Waals surface area contributed by atoms with Gasteiger partial charge in [0.25, 0.3) is 5.91 Å². The molecule has 7 nitrogen and oxygen atoms in total. The number of hydrogen-bond donors (Lipinski definition) is 1. The average molecular weight is 386 g/mol. The maximum absolute atomic E-state index is 12.5. The summed E-state index contributed by atoms with van der Waals surface area (Å²) in [5.41, 5.74) is 1.05. The molecule has 138 valence electrons. The molecule has 0 spiro atoms. The van der Waals surface area contributed by atoms with Crippen LogP contribution in [0.25, 0.3) is 0 Å². The number of sulfonamides is 1. The van der Waals surface area contributed by atoms with Gasteiger partial charge in [0, 0.05) is 11.6 Å². The highest BCUT2D eigenvalue weighted by Gasteiger charge is 2.40. The minimum atomic E-state index is -3.37. The Morgan fingerprint density at radius 3 is 2.60 bits per heavy atom. The lowest BCUT2D eigenvalue weighted by Crippen LogP contribution is -2.46. The van der Waals surface area contributed by atoms with Gasteiger partial charge in [-0.2, -0.15) is 0 Å². The summed E-state index contributed by atoms with van der Waals surface area (Å²) in [6.45, 7) is 3.56. The SMILES string of the molecule is C[C@@H]1Cc2cc(C(=O)N[C@]3(C)CCS(=O)(=O)C3)ccc2N1S(C)(=O)=O. The zero-order valence-corrected chi connectivity index (χ0v) is 16.1. The van der Waals surface area contributed by atoms with Gasteiger partial charge in [-0.15, -0.1) is 0 Å². The van der Waals surface area contributed by atoms with Gasteiger partial charge in [-0.05, 0) is 50.5 Å². The summed E-state index contributed by atoms with van der Waals surface area (Å²) in [7, 11) is -6.48. The van der Waals surface area contributed by atoms with Crippen molar-refractivity contribution in [2.24, 2.45) is 0 Å². The van der Waals surface area contributed by atoms with Crippen LogP contribution >= 0.6 is 0 Å². The third kappa shape index (κ3) is 3.52. The first-order valence-corrected chi connectivity index (χ1v) is 11.7. The number of nitrogens with one attached hydrogen (secondary N) is 1. The molecular formula is C16H22N2O5S2. The first-order chi connectivity index (χ1) is 11.4. The van der Waals surface area contributed by atoms with Crippen LogP contribution in [-0.2, 0) is 26.3 Å². The zero-order valence-electron chi connectivity index (χ0n) is 14.4. The highest BCUT2D eigenvalue weighted by molar-refractivity contribution is 7.92. The van der Waals surface area contributed by atoms with Crippen LogP contribution < -0.4 is 9.62 Å². The molecule has 3 rings (SSSR count). The van der Waals surface area contributed by atoms with Gasteiger partial charge in [-0.25, -0.2) is 16.8 Å². The van der Waals surface area contributed by atoms with Crippen molar-refractivity contribution in [2.75, 3.05) is 22.1 Å². The normalized spacial score (nSPS) is 28.0. The fourth-order valence-electron chi connectivity index (χ4n) is 3.70. The number of nitrogens with zero attached hydrogens (tertiary/aromatic N) is 1. The number of carbonyl (C=O) groups is 1. The van der Waals surface area contributed by atoms with E-state index in [1.54, 1.807) is 25.1 Å². The fraction of sp³-hybridized carbons (Fsp3) is 0.562. The smallest absolute Gasteiger partial charge is 0.251 e. The number of amides is 1. The average Bonchev–Trinajstić information content (AvgIpc) is 2.92. The predicted octanol–water partition coefficient (Wildman–Crippen LogP) is 0.704. The fourth-order valence-corrected chi connectivity index (χ4v) is 7.06. The third-order valence-corrected chi connectivity index (χ3v) is 7.94. The zero-order chi connectivity index (χ0) is 18.6. The number of anilines is 1. The molecule has 25 heavy (non-hydrogen) atoms. The monoisotopic (exact) mass is 386 g/mol. The Morgan fingerprint density at radius 1 is 1.36 bits per heavy atom. The summed E-state index contributed by atoms with van der Waals surface area (Å²) in [4.78, 5) is 12.5. The van der Waals surface area contributed by atoms with Crippen LogP contribution in [0.15, 0.2) is 18.2 Å². The molecule has 2 heterocycles. The standard InChI is InChI=1S/C16H22N2O5S2/c1-11-8-13-9-12(4-5-14(13)18(11)24(3,20)21)15(19)17-16(2)6-7-25(22,23)10-16/h4-5,9,11H,6-8,10H2,1-3H3,(H,17,19)/t11-,16-/m1/s1. The molecule has 2 aliphatic rings. The van der Waals surface area contributed by atoms with E-state index >= 15 is 0 Å². The molecule has 1 saturated heterocycles. The van der Waals surface area contributed by atoms with Crippen LogP contribution in [-0.4, -0.2) is 52.1 Å². The van der Waals surface area contributed by atoms with Crippen molar-refractivity contribution < 1.29 is 21.6 Å². The van der Waals surface area contributed by atoms with E-state index in [-0.39, 0.29) is 23.5 Å². The second-order valence-corrected chi connectivity index (χ2v) is 11.4. The number of benzene rings is 1. The van der Waals surface area contributed by atoms with Crippen molar-refractivity contribution in [2.45, 2.75) is 38.3 Å². The number of rotatable bonds is 3. The van der Waals surface area contributed by atoms with Crippen molar-refractivity contribution in [3.8, 4) is 0 Å². The van der Waals surface area contributed by atoms with Gasteiger partial charge in [-0.1, -0.05) is 0 Å². The second-order valence-electron chi connectivity index (χ2n) is 7.31. The Kier molecular flexibility index (Phi) is 4.15. The Morgan fingerprint density at radius 2 is 2.04 bits per heavy atom. The largest absolute Gasteiger partial charge is 0.346 e. The van der Waals surface area contributed by atoms with E-state index in [1.165, 1.54) is 10.6 Å². The van der Waals surface area contributed by atoms with Crippen LogP contribution in [0.1, 0.15) is 36.2 Å². The van der Waals surface area contributed by atoms with E-state index in [9.17, 15) is 21.6 Å². The predicted molar refractivity (Wildman–Crippen MR) is 96.1 cm³/mol. The van der Waals surface area contributed by atoms with Gasteiger partial charge < -0.3 is 5.32 Å². The number of fused-ring (bicyclic) bond motifs is 1. The molecular weight excluding hydrogens is 364 g/mol. The van der Waals surface area contributed by atoms with Crippen molar-refractivity contribution >= 4 is 31.5 Å². The first-order valence-electron chi connectivity index (χ1n) is 8.06. The van der Waals surface area contributed by atoms with Crippen molar-refractivity contribution in [1.82, 2.24) is 5.32 Å². The molecule has 1 N–H and O–H groups in total. The molecule has 0 aliphatic carbocycles. The topological polar surface area (TPSA) is 101 Å². The maximum Gasteiger partial charge on any atom is 0.251 e. The number of sulfone groups is 1. The van der Waals surface area contributed by atoms with Crippen LogP contribution in [0.2, 0.25) is 0 Å². The molecule has 1 aromatic carbocycles. The number of hydrogen-bond acceptors (Lipinski definition) is 5. The number of carbonyl (C=O) groups excluding carboxylic acids is 1.